The van der Waals surface area contributed by atoms with Crippen molar-refractivity contribution < 1.29 is 17.9 Å². The van der Waals surface area contributed by atoms with Gasteiger partial charge in [-0.05, 0) is 49.7 Å². The number of hydrogen-bond donors (Lipinski definition) is 1. The fourth-order valence-electron chi connectivity index (χ4n) is 2.74. The normalized spacial score (nSPS) is 12.3. The van der Waals surface area contributed by atoms with Crippen molar-refractivity contribution in [3.05, 3.63) is 89.7 Å². The van der Waals surface area contributed by atoms with Gasteiger partial charge >= 0.3 is 0 Å². The van der Waals surface area contributed by atoms with E-state index in [1.54, 1.807) is 31.5 Å². The van der Waals surface area contributed by atoms with Crippen LogP contribution < -0.4 is 9.46 Å². The van der Waals surface area contributed by atoms with Crippen LogP contribution in [0.5, 0.6) is 5.75 Å². The predicted octanol–water partition coefficient (Wildman–Crippen LogP) is 3.90. The van der Waals surface area contributed by atoms with E-state index < -0.39 is 16.1 Å². The predicted molar refractivity (Wildman–Crippen MR) is 110 cm³/mol. The Bertz CT molecular complexity index is 1060. The quantitative estimate of drug-likeness (QED) is 0.569. The average Bonchev–Trinajstić information content (AvgIpc) is 2.73. The summed E-state index contributed by atoms with van der Waals surface area (Å²) in [5.41, 5.74) is 2.25. The second-order valence-corrected chi connectivity index (χ2v) is 8.36. The smallest absolute Gasteiger partial charge is 0.241 e. The van der Waals surface area contributed by atoms with Gasteiger partial charge in [-0.25, -0.2) is 13.1 Å². The van der Waals surface area contributed by atoms with Crippen LogP contribution in [0.25, 0.3) is 0 Å². The highest BCUT2D eigenvalue weighted by atomic mass is 32.2. The highest BCUT2D eigenvalue weighted by Crippen LogP contribution is 2.21. The van der Waals surface area contributed by atoms with Gasteiger partial charge in [-0.15, -0.1) is 0 Å². The van der Waals surface area contributed by atoms with Gasteiger partial charge in [0.05, 0.1) is 4.90 Å². The van der Waals surface area contributed by atoms with Crippen molar-refractivity contribution in [1.29, 1.82) is 0 Å². The van der Waals surface area contributed by atoms with E-state index in [4.69, 9.17) is 4.74 Å². The van der Waals surface area contributed by atoms with Crippen LogP contribution in [0.4, 0.5) is 0 Å². The van der Waals surface area contributed by atoms with Crippen LogP contribution in [-0.2, 0) is 16.6 Å². The van der Waals surface area contributed by atoms with E-state index in [1.807, 2.05) is 24.3 Å². The van der Waals surface area contributed by atoms with Crippen molar-refractivity contribution >= 4 is 15.8 Å². The van der Waals surface area contributed by atoms with Crippen molar-refractivity contribution in [2.45, 2.75) is 31.4 Å². The summed E-state index contributed by atoms with van der Waals surface area (Å²) < 4.78 is 33.6. The zero-order valence-corrected chi connectivity index (χ0v) is 17.0. The molecule has 150 valence electrons. The van der Waals surface area contributed by atoms with E-state index in [1.165, 1.54) is 31.2 Å². The summed E-state index contributed by atoms with van der Waals surface area (Å²) >= 11 is 0. The second-order valence-electron chi connectivity index (χ2n) is 6.64. The fourth-order valence-corrected chi connectivity index (χ4v) is 3.97. The Morgan fingerprint density at radius 1 is 1.07 bits per heavy atom. The number of carbonyl (C=O) groups is 1. The van der Waals surface area contributed by atoms with Gasteiger partial charge in [0.25, 0.3) is 0 Å². The number of aromatic nitrogens is 1. The van der Waals surface area contributed by atoms with Gasteiger partial charge in [0.15, 0.2) is 5.78 Å². The van der Waals surface area contributed by atoms with Crippen molar-refractivity contribution in [3.63, 3.8) is 0 Å². The van der Waals surface area contributed by atoms with Gasteiger partial charge in [0.2, 0.25) is 10.0 Å². The molecule has 1 aromatic heterocycles. The molecule has 1 unspecified atom stereocenters. The maximum Gasteiger partial charge on any atom is 0.241 e. The first-order valence-electron chi connectivity index (χ1n) is 9.10. The Kier molecular flexibility index (Phi) is 6.41. The summed E-state index contributed by atoms with van der Waals surface area (Å²) in [6.07, 6.45) is 3.45. The highest BCUT2D eigenvalue weighted by Gasteiger charge is 2.18. The molecule has 2 aromatic carbocycles. The molecule has 0 saturated carbocycles. The zero-order chi connectivity index (χ0) is 20.9. The molecule has 0 aliphatic heterocycles. The number of ether oxygens (including phenoxy) is 1. The molecule has 1 atom stereocenters. The molecule has 0 aliphatic rings. The number of rotatable bonds is 8. The van der Waals surface area contributed by atoms with Crippen LogP contribution in [0.2, 0.25) is 0 Å². The Balaban J connectivity index is 1.63. The Morgan fingerprint density at radius 3 is 2.34 bits per heavy atom. The summed E-state index contributed by atoms with van der Waals surface area (Å²) in [6, 6.07) is 16.5. The van der Waals surface area contributed by atoms with E-state index in [0.29, 0.717) is 17.9 Å². The summed E-state index contributed by atoms with van der Waals surface area (Å²) in [6.45, 7) is 3.62. The third-order valence-corrected chi connectivity index (χ3v) is 5.97. The maximum absolute atomic E-state index is 12.6. The molecule has 0 spiro atoms. The van der Waals surface area contributed by atoms with Crippen LogP contribution in [-0.4, -0.2) is 19.2 Å². The topological polar surface area (TPSA) is 85.4 Å². The monoisotopic (exact) mass is 410 g/mol. The summed E-state index contributed by atoms with van der Waals surface area (Å²) in [7, 11) is -3.71. The van der Waals surface area contributed by atoms with Crippen LogP contribution in [0.3, 0.4) is 0 Å². The van der Waals surface area contributed by atoms with Gasteiger partial charge < -0.3 is 4.74 Å². The molecule has 3 aromatic rings. The first-order chi connectivity index (χ1) is 13.8. The van der Waals surface area contributed by atoms with Crippen LogP contribution in [0, 0.1) is 0 Å². The molecule has 0 fully saturated rings. The highest BCUT2D eigenvalue weighted by molar-refractivity contribution is 7.89. The van der Waals surface area contributed by atoms with Crippen molar-refractivity contribution in [3.8, 4) is 5.75 Å². The number of pyridine rings is 1. The molecule has 7 heteroatoms. The van der Waals surface area contributed by atoms with Gasteiger partial charge in [-0.1, -0.05) is 30.3 Å². The molecule has 29 heavy (non-hydrogen) atoms. The molecule has 1 N–H and O–H groups in total. The lowest BCUT2D eigenvalue weighted by molar-refractivity contribution is 0.101. The number of hydrogen-bond acceptors (Lipinski definition) is 5. The van der Waals surface area contributed by atoms with Crippen LogP contribution >= 0.6 is 0 Å². The zero-order valence-electron chi connectivity index (χ0n) is 16.2. The van der Waals surface area contributed by atoms with Gasteiger partial charge in [-0.2, -0.15) is 0 Å². The first-order valence-corrected chi connectivity index (χ1v) is 10.6. The SMILES string of the molecule is CC(=O)c1ccc(S(=O)(=O)NC(C)c2ccc(OCc3cccnc3)cc2)cc1. The number of benzene rings is 2. The van der Waals surface area contributed by atoms with E-state index in [2.05, 4.69) is 9.71 Å². The second kappa shape index (κ2) is 8.98. The Labute approximate surface area is 170 Å². The molecule has 0 amide bonds. The minimum absolute atomic E-state index is 0.110. The largest absolute Gasteiger partial charge is 0.489 e. The molecule has 1 heterocycles. The molecule has 0 saturated heterocycles. The molecule has 0 bridgehead atoms. The number of nitrogens with one attached hydrogen (secondary N) is 1. The Morgan fingerprint density at radius 2 is 1.76 bits per heavy atom. The third-order valence-electron chi connectivity index (χ3n) is 4.41. The standard InChI is InChI=1S/C22H22N2O4S/c1-16(24-29(26,27)22-11-7-20(8-12-22)17(2)25)19-5-9-21(10-6-19)28-15-18-4-3-13-23-14-18/h3-14,16,24H,15H2,1-2H3. The molecule has 3 rings (SSSR count). The fraction of sp³-hybridized carbons (Fsp3) is 0.182. The molecule has 0 aliphatic carbocycles. The summed E-state index contributed by atoms with van der Waals surface area (Å²) in [4.78, 5) is 15.5. The molecular formula is C22H22N2O4S. The molecule has 0 radical (unpaired) electrons. The van der Waals surface area contributed by atoms with E-state index in [9.17, 15) is 13.2 Å². The van der Waals surface area contributed by atoms with Gasteiger partial charge in [0.1, 0.15) is 12.4 Å². The van der Waals surface area contributed by atoms with E-state index >= 15 is 0 Å². The third kappa shape index (κ3) is 5.49. The van der Waals surface area contributed by atoms with Crippen molar-refractivity contribution in [2.24, 2.45) is 0 Å². The lowest BCUT2D eigenvalue weighted by atomic mass is 10.1. The van der Waals surface area contributed by atoms with Crippen LogP contribution in [0.15, 0.2) is 78.0 Å². The van der Waals surface area contributed by atoms with Crippen molar-refractivity contribution in [1.82, 2.24) is 9.71 Å². The van der Waals surface area contributed by atoms with E-state index in [0.717, 1.165) is 11.1 Å². The number of ketones is 1. The Hall–Kier alpha value is -3.03. The van der Waals surface area contributed by atoms with Crippen LogP contribution in [0.1, 0.15) is 41.4 Å². The maximum atomic E-state index is 12.6. The number of nitrogens with zero attached hydrogens (tertiary/aromatic N) is 1. The van der Waals surface area contributed by atoms with Gasteiger partial charge in [0, 0.05) is 29.6 Å². The summed E-state index contributed by atoms with van der Waals surface area (Å²) in [5.74, 6) is 0.577. The lowest BCUT2D eigenvalue weighted by Crippen LogP contribution is -2.26. The first kappa shape index (κ1) is 20.7. The minimum atomic E-state index is -3.71. The number of carbonyl (C=O) groups excluding carboxylic acids is 1. The van der Waals surface area contributed by atoms with E-state index in [-0.39, 0.29) is 10.7 Å². The lowest BCUT2D eigenvalue weighted by Gasteiger charge is -2.15. The average molecular weight is 410 g/mol. The summed E-state index contributed by atoms with van der Waals surface area (Å²) in [5, 5.41) is 0. The van der Waals surface area contributed by atoms with Crippen molar-refractivity contribution in [2.75, 3.05) is 0 Å². The number of Topliss-reactive ketones (excluding diaryl/α,β-unsaturated/α-hetero) is 1. The molecular weight excluding hydrogens is 388 g/mol. The molecule has 6 nitrogen and oxygen atoms in total. The minimum Gasteiger partial charge on any atom is -0.489 e. The number of sulfonamides is 1. The van der Waals surface area contributed by atoms with Gasteiger partial charge in [-0.3, -0.25) is 9.78 Å².